The van der Waals surface area contributed by atoms with E-state index in [2.05, 4.69) is 143 Å². The summed E-state index contributed by atoms with van der Waals surface area (Å²) in [5.74, 6) is 3.44. The Bertz CT molecular complexity index is 2660. The van der Waals surface area contributed by atoms with Gasteiger partial charge in [0.25, 0.3) is 0 Å². The van der Waals surface area contributed by atoms with Crippen molar-refractivity contribution in [2.75, 3.05) is 19.6 Å². The van der Waals surface area contributed by atoms with Crippen LogP contribution in [0.3, 0.4) is 0 Å². The van der Waals surface area contributed by atoms with Gasteiger partial charge in [-0.3, -0.25) is 0 Å². The minimum absolute atomic E-state index is 0.0642. The first-order valence-electron chi connectivity index (χ1n) is 19.4. The summed E-state index contributed by atoms with van der Waals surface area (Å²) in [5.41, 5.74) is 12.3. The number of rotatable bonds is 4. The van der Waals surface area contributed by atoms with E-state index in [-0.39, 0.29) is 24.2 Å². The van der Waals surface area contributed by atoms with E-state index in [4.69, 9.17) is 26.5 Å². The zero-order chi connectivity index (χ0) is 36.8. The van der Waals surface area contributed by atoms with Crippen LogP contribution in [-0.2, 0) is 12.8 Å². The van der Waals surface area contributed by atoms with E-state index < -0.39 is 0 Å². The van der Waals surface area contributed by atoms with Crippen molar-refractivity contribution in [3.63, 3.8) is 0 Å². The molecule has 5 aromatic carbocycles. The van der Waals surface area contributed by atoms with Crippen LogP contribution in [0.15, 0.2) is 140 Å². The van der Waals surface area contributed by atoms with Gasteiger partial charge in [0, 0.05) is 46.9 Å². The molecule has 6 heterocycles. The van der Waals surface area contributed by atoms with Gasteiger partial charge in [-0.2, -0.15) is 0 Å². The Kier molecular flexibility index (Phi) is 7.11. The lowest BCUT2D eigenvalue weighted by atomic mass is 9.71. The van der Waals surface area contributed by atoms with Gasteiger partial charge in [0.2, 0.25) is 0 Å². The molecule has 0 spiro atoms. The van der Waals surface area contributed by atoms with Gasteiger partial charge < -0.3 is 19.6 Å². The largest absolute Gasteiger partial charge is 0.301 e. The number of aryl methyl sites for hydroxylation is 2. The van der Waals surface area contributed by atoms with E-state index in [1.807, 2.05) is 24.5 Å². The lowest BCUT2D eigenvalue weighted by Crippen LogP contribution is -2.60. The third-order valence-corrected chi connectivity index (χ3v) is 12.1. The molecular weight excluding hydrogens is 677 g/mol. The van der Waals surface area contributed by atoms with Gasteiger partial charge in [0.1, 0.15) is 12.3 Å². The van der Waals surface area contributed by atoms with Crippen molar-refractivity contribution in [2.24, 2.45) is 5.92 Å². The third-order valence-electron chi connectivity index (χ3n) is 12.1. The number of fused-ring (bicyclic) bond motifs is 15. The number of hydrogen-bond acceptors (Lipinski definition) is 8. The quantitative estimate of drug-likeness (QED) is 0.178. The molecule has 2 aromatic heterocycles. The number of allylic oxidation sites excluding steroid dienone is 1. The highest BCUT2D eigenvalue weighted by molar-refractivity contribution is 5.94. The van der Waals surface area contributed by atoms with E-state index in [0.29, 0.717) is 0 Å². The van der Waals surface area contributed by atoms with Crippen LogP contribution in [-0.4, -0.2) is 32.3 Å². The van der Waals surface area contributed by atoms with Crippen molar-refractivity contribution in [2.45, 2.75) is 51.4 Å². The monoisotopic (exact) mass is 716 g/mol. The molecule has 268 valence electrons. The summed E-state index contributed by atoms with van der Waals surface area (Å²) >= 11 is 0. The van der Waals surface area contributed by atoms with Crippen molar-refractivity contribution in [1.82, 2.24) is 19.9 Å². The van der Waals surface area contributed by atoms with Crippen LogP contribution >= 0.6 is 0 Å². The van der Waals surface area contributed by atoms with Gasteiger partial charge in [-0.15, -0.1) is 0 Å². The minimum atomic E-state index is -0.232. The highest BCUT2D eigenvalue weighted by Crippen LogP contribution is 2.62. The van der Waals surface area contributed by atoms with Crippen LogP contribution in [0.5, 0.6) is 0 Å². The van der Waals surface area contributed by atoms with E-state index in [9.17, 15) is 0 Å². The summed E-state index contributed by atoms with van der Waals surface area (Å²) in [5, 5.41) is 0. The van der Waals surface area contributed by atoms with Gasteiger partial charge in [-0.1, -0.05) is 93.2 Å². The smallest absolute Gasteiger partial charge is 0.179 e. The average molecular weight is 717 g/mol. The van der Waals surface area contributed by atoms with Crippen LogP contribution in [0.2, 0.25) is 0 Å². The molecule has 4 atom stereocenters. The Balaban J connectivity index is 1.26. The first-order chi connectivity index (χ1) is 27.1. The van der Waals surface area contributed by atoms with Crippen LogP contribution in [0.1, 0.15) is 48.4 Å². The van der Waals surface area contributed by atoms with Crippen LogP contribution in [0, 0.1) is 5.92 Å². The van der Waals surface area contributed by atoms with Crippen molar-refractivity contribution in [3.8, 4) is 0 Å². The molecular formula is C47H40N8. The zero-order valence-corrected chi connectivity index (χ0v) is 30.9. The van der Waals surface area contributed by atoms with Gasteiger partial charge >= 0.3 is 0 Å². The number of para-hydroxylation sites is 4. The van der Waals surface area contributed by atoms with Crippen molar-refractivity contribution in [3.05, 3.63) is 163 Å². The Hall–Kier alpha value is -6.54. The minimum Gasteiger partial charge on any atom is -0.301 e. The van der Waals surface area contributed by atoms with Gasteiger partial charge in [0.05, 0.1) is 16.7 Å². The standard InChI is InChI=1S/C47H40N8/c1-4-30-14-13-17-33(27-30)53-42-43(49-25-24-48-42)55-40-28-31(5-2)22-23-34(40)29(3)26-36-35-18-9-12-21-39(35)54-45-44(50-37-19-10-11-20-38(37)51-45)52(32-15-7-6-8-16-32)46(54)41(36)47(53)55/h6-25,27-28,36,41,46-47H,3-5,26H2,1-2H3. The van der Waals surface area contributed by atoms with Crippen LogP contribution in [0.25, 0.3) is 16.6 Å². The first-order valence-corrected chi connectivity index (χ1v) is 19.4. The number of nitrogens with zero attached hydrogens (tertiary/aromatic N) is 8. The summed E-state index contributed by atoms with van der Waals surface area (Å²) in [4.78, 5) is 31.1. The molecule has 4 aliphatic heterocycles. The maximum absolute atomic E-state index is 5.45. The molecule has 0 aliphatic carbocycles. The molecule has 11 rings (SSSR count). The molecule has 0 fully saturated rings. The molecule has 4 unspecified atom stereocenters. The lowest BCUT2D eigenvalue weighted by Gasteiger charge is -2.52. The van der Waals surface area contributed by atoms with Gasteiger partial charge in [-0.25, -0.2) is 19.9 Å². The number of anilines is 8. The van der Waals surface area contributed by atoms with E-state index in [1.165, 1.54) is 16.7 Å². The molecule has 0 saturated carbocycles. The third kappa shape index (κ3) is 4.64. The lowest BCUT2D eigenvalue weighted by molar-refractivity contribution is 0.289. The summed E-state index contributed by atoms with van der Waals surface area (Å²) in [6, 6.07) is 43.8. The molecule has 0 saturated heterocycles. The molecule has 7 aromatic rings. The van der Waals surface area contributed by atoms with E-state index >= 15 is 0 Å². The van der Waals surface area contributed by atoms with Crippen LogP contribution < -0.4 is 19.6 Å². The Labute approximate surface area is 321 Å². The maximum Gasteiger partial charge on any atom is 0.179 e. The van der Waals surface area contributed by atoms with Gasteiger partial charge in [-0.05, 0) is 90.1 Å². The molecule has 8 nitrogen and oxygen atoms in total. The van der Waals surface area contributed by atoms with Gasteiger partial charge in [0.15, 0.2) is 23.3 Å². The predicted molar refractivity (Wildman–Crippen MR) is 222 cm³/mol. The fourth-order valence-electron chi connectivity index (χ4n) is 9.68. The molecule has 0 bridgehead atoms. The molecule has 8 heteroatoms. The Morgan fingerprint density at radius 2 is 1.16 bits per heavy atom. The fraction of sp³-hybridized carbons (Fsp3) is 0.191. The van der Waals surface area contributed by atoms with Crippen molar-refractivity contribution >= 4 is 62.6 Å². The highest BCUT2D eigenvalue weighted by Gasteiger charge is 2.59. The fourth-order valence-corrected chi connectivity index (χ4v) is 9.68. The molecule has 0 N–H and O–H groups in total. The second kappa shape index (κ2) is 12.2. The highest BCUT2D eigenvalue weighted by atomic mass is 15.5. The van der Waals surface area contributed by atoms with E-state index in [0.717, 1.165) is 87.5 Å². The summed E-state index contributed by atoms with van der Waals surface area (Å²) in [6.45, 7) is 9.30. The Morgan fingerprint density at radius 3 is 1.91 bits per heavy atom. The maximum atomic E-state index is 5.45. The SMILES string of the molecule is C=C1CC2c3ccccc3N3c4nc5ccccc5nc4N(c4ccccc4)C3C2C2N(c3cccc(CC)c3)c3nccnc3N2c2cc(CC)ccc21. The molecule has 55 heavy (non-hydrogen) atoms. The zero-order valence-electron chi connectivity index (χ0n) is 30.9. The molecule has 0 amide bonds. The van der Waals surface area contributed by atoms with Crippen LogP contribution in [0.4, 0.5) is 46.0 Å². The normalized spacial score (nSPS) is 20.5. The van der Waals surface area contributed by atoms with Crippen molar-refractivity contribution < 1.29 is 0 Å². The average Bonchev–Trinajstić information content (AvgIpc) is 3.75. The topological polar surface area (TPSA) is 64.5 Å². The molecule has 0 radical (unpaired) electrons. The van der Waals surface area contributed by atoms with E-state index in [1.54, 1.807) is 0 Å². The first kappa shape index (κ1) is 31.9. The number of benzene rings is 5. The number of aromatic nitrogens is 4. The van der Waals surface area contributed by atoms with Crippen molar-refractivity contribution in [1.29, 1.82) is 0 Å². The Morgan fingerprint density at radius 1 is 0.564 bits per heavy atom. The summed E-state index contributed by atoms with van der Waals surface area (Å²) in [7, 11) is 0. The number of hydrogen-bond donors (Lipinski definition) is 0. The summed E-state index contributed by atoms with van der Waals surface area (Å²) in [6.07, 6.45) is 5.87. The predicted octanol–water partition coefficient (Wildman–Crippen LogP) is 10.6. The second-order valence-corrected chi connectivity index (χ2v) is 15.0. The second-order valence-electron chi connectivity index (χ2n) is 15.0. The summed E-state index contributed by atoms with van der Waals surface area (Å²) < 4.78 is 0. The molecule has 4 aliphatic rings.